The molecule has 0 atom stereocenters. The monoisotopic (exact) mass is 254 g/mol. The molecule has 4 nitrogen and oxygen atoms in total. The number of rotatable bonds is 4. The first-order valence-corrected chi connectivity index (χ1v) is 6.76. The molecule has 0 bridgehead atoms. The lowest BCUT2D eigenvalue weighted by Crippen LogP contribution is -2.77. The van der Waals surface area contributed by atoms with Crippen LogP contribution in [-0.2, 0) is 9.59 Å². The Labute approximate surface area is 110 Å². The second-order valence-corrected chi connectivity index (χ2v) is 6.35. The standard InChI is InChI=1S/C14H26N2O2/c1-7-9(17)15-11-13(3,4)12(14(11,5)6)16-10(18)8-2/h11-12H,7-8H2,1-6H3,(H,15,17)(H,16,18). The summed E-state index contributed by atoms with van der Waals surface area (Å²) in [7, 11) is 0. The molecule has 0 radical (unpaired) electrons. The highest BCUT2D eigenvalue weighted by molar-refractivity contribution is 5.78. The molecule has 0 aromatic rings. The third-order valence-corrected chi connectivity index (χ3v) is 4.23. The van der Waals surface area contributed by atoms with E-state index in [-0.39, 0.29) is 34.7 Å². The van der Waals surface area contributed by atoms with E-state index in [1.807, 2.05) is 13.8 Å². The van der Waals surface area contributed by atoms with Crippen LogP contribution in [0.2, 0.25) is 0 Å². The molecule has 0 aromatic heterocycles. The van der Waals surface area contributed by atoms with Gasteiger partial charge in [0.25, 0.3) is 0 Å². The maximum atomic E-state index is 11.6. The molecule has 1 rings (SSSR count). The zero-order valence-corrected chi connectivity index (χ0v) is 12.4. The predicted molar refractivity (Wildman–Crippen MR) is 72.0 cm³/mol. The van der Waals surface area contributed by atoms with E-state index < -0.39 is 0 Å². The quantitative estimate of drug-likeness (QED) is 0.804. The van der Waals surface area contributed by atoms with Gasteiger partial charge in [0, 0.05) is 35.8 Å². The van der Waals surface area contributed by atoms with E-state index in [0.29, 0.717) is 12.8 Å². The molecule has 1 aliphatic carbocycles. The van der Waals surface area contributed by atoms with Crippen molar-refractivity contribution in [2.24, 2.45) is 10.8 Å². The van der Waals surface area contributed by atoms with Crippen molar-refractivity contribution < 1.29 is 9.59 Å². The minimum atomic E-state index is -0.112. The summed E-state index contributed by atoms with van der Waals surface area (Å²) in [6, 6.07) is 0.194. The molecule has 1 aliphatic rings. The Kier molecular flexibility index (Phi) is 4.08. The average Bonchev–Trinajstić information content (AvgIpc) is 2.31. The van der Waals surface area contributed by atoms with Crippen molar-refractivity contribution in [1.29, 1.82) is 0 Å². The minimum Gasteiger partial charge on any atom is -0.352 e. The van der Waals surface area contributed by atoms with Gasteiger partial charge in [-0.3, -0.25) is 9.59 Å². The Hall–Kier alpha value is -1.06. The molecule has 18 heavy (non-hydrogen) atoms. The van der Waals surface area contributed by atoms with E-state index in [1.165, 1.54) is 0 Å². The summed E-state index contributed by atoms with van der Waals surface area (Å²) >= 11 is 0. The lowest BCUT2D eigenvalue weighted by molar-refractivity contribution is -0.141. The van der Waals surface area contributed by atoms with E-state index in [0.717, 1.165) is 0 Å². The molecule has 0 unspecified atom stereocenters. The van der Waals surface area contributed by atoms with Crippen LogP contribution in [0.4, 0.5) is 0 Å². The van der Waals surface area contributed by atoms with Crippen LogP contribution in [0.15, 0.2) is 0 Å². The fourth-order valence-corrected chi connectivity index (χ4v) is 3.42. The first kappa shape index (κ1) is 15.0. The summed E-state index contributed by atoms with van der Waals surface area (Å²) in [4.78, 5) is 23.2. The first-order chi connectivity index (χ1) is 8.17. The fraction of sp³-hybridized carbons (Fsp3) is 0.857. The molecule has 2 amide bonds. The maximum absolute atomic E-state index is 11.6. The van der Waals surface area contributed by atoms with Crippen molar-refractivity contribution >= 4 is 11.8 Å². The summed E-state index contributed by atoms with van der Waals surface area (Å²) in [5.41, 5.74) is -0.224. The highest BCUT2D eigenvalue weighted by atomic mass is 16.2. The molecule has 0 aromatic carbocycles. The van der Waals surface area contributed by atoms with Crippen molar-refractivity contribution in [3.05, 3.63) is 0 Å². The van der Waals surface area contributed by atoms with Gasteiger partial charge >= 0.3 is 0 Å². The van der Waals surface area contributed by atoms with Gasteiger partial charge in [0.05, 0.1) is 0 Å². The number of nitrogens with one attached hydrogen (secondary N) is 2. The van der Waals surface area contributed by atoms with Gasteiger partial charge in [-0.25, -0.2) is 0 Å². The summed E-state index contributed by atoms with van der Waals surface area (Å²) in [5.74, 6) is 0.142. The van der Waals surface area contributed by atoms with E-state index >= 15 is 0 Å². The van der Waals surface area contributed by atoms with Crippen molar-refractivity contribution in [2.45, 2.75) is 66.5 Å². The maximum Gasteiger partial charge on any atom is 0.219 e. The summed E-state index contributed by atoms with van der Waals surface area (Å²) < 4.78 is 0. The molecule has 0 aliphatic heterocycles. The topological polar surface area (TPSA) is 58.2 Å². The van der Waals surface area contributed by atoms with Crippen molar-refractivity contribution in [1.82, 2.24) is 10.6 Å². The average molecular weight is 254 g/mol. The third kappa shape index (κ3) is 2.38. The number of carbonyl (C=O) groups excluding carboxylic acids is 2. The molecule has 104 valence electrons. The molecule has 4 heteroatoms. The highest BCUT2D eigenvalue weighted by Crippen LogP contribution is 2.53. The Bertz CT molecular complexity index is 302. The van der Waals surface area contributed by atoms with Crippen LogP contribution in [0.1, 0.15) is 54.4 Å². The molecule has 1 saturated carbocycles. The predicted octanol–water partition coefficient (Wildman–Crippen LogP) is 1.84. The molecular formula is C14H26N2O2. The van der Waals surface area contributed by atoms with Gasteiger partial charge in [-0.15, -0.1) is 0 Å². The normalized spacial score (nSPS) is 28.1. The second-order valence-electron chi connectivity index (χ2n) is 6.35. The summed E-state index contributed by atoms with van der Waals surface area (Å²) in [5, 5.41) is 6.16. The SMILES string of the molecule is CCC(=O)NC1C(C)(C)C(NC(=O)CC)C1(C)C. The first-order valence-electron chi connectivity index (χ1n) is 6.76. The van der Waals surface area contributed by atoms with Crippen LogP contribution in [0.3, 0.4) is 0 Å². The molecule has 1 fully saturated rings. The fourth-order valence-electron chi connectivity index (χ4n) is 3.42. The Morgan fingerprint density at radius 2 is 1.11 bits per heavy atom. The van der Waals surface area contributed by atoms with Gasteiger partial charge in [-0.2, -0.15) is 0 Å². The number of hydrogen-bond donors (Lipinski definition) is 2. The van der Waals surface area contributed by atoms with Crippen LogP contribution in [-0.4, -0.2) is 23.9 Å². The van der Waals surface area contributed by atoms with Crippen LogP contribution < -0.4 is 10.6 Å². The molecule has 0 saturated heterocycles. The number of hydrogen-bond acceptors (Lipinski definition) is 2. The molecular weight excluding hydrogens is 228 g/mol. The van der Waals surface area contributed by atoms with E-state index in [2.05, 4.69) is 38.3 Å². The molecule has 0 heterocycles. The van der Waals surface area contributed by atoms with E-state index in [9.17, 15) is 9.59 Å². The van der Waals surface area contributed by atoms with Gasteiger partial charge in [-0.1, -0.05) is 41.5 Å². The van der Waals surface area contributed by atoms with Crippen molar-refractivity contribution in [3.8, 4) is 0 Å². The highest BCUT2D eigenvalue weighted by Gasteiger charge is 2.62. The number of amides is 2. The number of carbonyl (C=O) groups is 2. The lowest BCUT2D eigenvalue weighted by atomic mass is 9.48. The van der Waals surface area contributed by atoms with Gasteiger partial charge in [-0.05, 0) is 0 Å². The molecule has 0 spiro atoms. The van der Waals surface area contributed by atoms with Gasteiger partial charge in [0.2, 0.25) is 11.8 Å². The largest absolute Gasteiger partial charge is 0.352 e. The van der Waals surface area contributed by atoms with Crippen LogP contribution in [0, 0.1) is 10.8 Å². The van der Waals surface area contributed by atoms with Crippen molar-refractivity contribution in [3.63, 3.8) is 0 Å². The van der Waals surface area contributed by atoms with Gasteiger partial charge in [0.15, 0.2) is 0 Å². The van der Waals surface area contributed by atoms with Gasteiger partial charge < -0.3 is 10.6 Å². The molecule has 2 N–H and O–H groups in total. The van der Waals surface area contributed by atoms with E-state index in [1.54, 1.807) is 0 Å². The van der Waals surface area contributed by atoms with Crippen molar-refractivity contribution in [2.75, 3.05) is 0 Å². The van der Waals surface area contributed by atoms with Crippen LogP contribution in [0.25, 0.3) is 0 Å². The lowest BCUT2D eigenvalue weighted by Gasteiger charge is -2.64. The zero-order valence-electron chi connectivity index (χ0n) is 12.4. The van der Waals surface area contributed by atoms with Gasteiger partial charge in [0.1, 0.15) is 0 Å². The zero-order chi connectivity index (χ0) is 14.1. The van der Waals surface area contributed by atoms with Crippen LogP contribution in [0.5, 0.6) is 0 Å². The Balaban J connectivity index is 2.80. The second kappa shape index (κ2) is 4.90. The summed E-state index contributed by atoms with van der Waals surface area (Å²) in [6.07, 6.45) is 0.989. The third-order valence-electron chi connectivity index (χ3n) is 4.23. The Morgan fingerprint density at radius 1 is 0.833 bits per heavy atom. The smallest absolute Gasteiger partial charge is 0.219 e. The summed E-state index contributed by atoms with van der Waals surface area (Å²) in [6.45, 7) is 12.1. The Morgan fingerprint density at radius 3 is 1.33 bits per heavy atom. The van der Waals surface area contributed by atoms with E-state index in [4.69, 9.17) is 0 Å². The minimum absolute atomic E-state index is 0.0708. The van der Waals surface area contributed by atoms with Crippen LogP contribution >= 0.6 is 0 Å².